The van der Waals surface area contributed by atoms with Gasteiger partial charge in [0.1, 0.15) is 5.82 Å². The summed E-state index contributed by atoms with van der Waals surface area (Å²) in [6.45, 7) is 6.66. The third-order valence-electron chi connectivity index (χ3n) is 7.65. The first-order valence-corrected chi connectivity index (χ1v) is 13.3. The maximum atomic E-state index is 6.24. The molecule has 0 spiro atoms. The van der Waals surface area contributed by atoms with Crippen LogP contribution in [0.4, 0.5) is 11.8 Å². The van der Waals surface area contributed by atoms with Crippen molar-refractivity contribution in [1.82, 2.24) is 15.3 Å². The molecule has 0 atom stereocenters. The van der Waals surface area contributed by atoms with E-state index in [2.05, 4.69) is 45.6 Å². The van der Waals surface area contributed by atoms with Crippen LogP contribution in [0.15, 0.2) is 24.4 Å². The van der Waals surface area contributed by atoms with Gasteiger partial charge in [0.15, 0.2) is 0 Å². The number of nitrogens with one attached hydrogen (secondary N) is 2. The molecule has 4 N–H and O–H groups in total. The molecular weight excluding hydrogens is 424 g/mol. The molecule has 2 fully saturated rings. The number of aromatic nitrogens is 2. The topological polar surface area (TPSA) is 88.3 Å². The molecule has 1 aliphatic carbocycles. The van der Waals surface area contributed by atoms with E-state index in [1.165, 1.54) is 16.7 Å². The number of benzene rings is 1. The van der Waals surface area contributed by atoms with Crippen LogP contribution in [0.2, 0.25) is 0 Å². The summed E-state index contributed by atoms with van der Waals surface area (Å²) in [5.41, 5.74) is 11.4. The minimum absolute atomic E-state index is 0.340. The van der Waals surface area contributed by atoms with Gasteiger partial charge in [0, 0.05) is 62.7 Å². The zero-order valence-electron chi connectivity index (χ0n) is 20.6. The number of ether oxygens (including phenoxy) is 1. The van der Waals surface area contributed by atoms with E-state index in [-0.39, 0.29) is 0 Å². The van der Waals surface area contributed by atoms with Gasteiger partial charge in [0.2, 0.25) is 5.95 Å². The molecule has 0 amide bonds. The SMILES string of the molecule is CCCCNc1ncc2c(n1)N(C1CCC(N)CC1)Cc1cc(CNC3CCOCC3)ccc1-2. The highest BCUT2D eigenvalue weighted by Gasteiger charge is 2.32. The summed E-state index contributed by atoms with van der Waals surface area (Å²) < 4.78 is 5.50. The first-order chi connectivity index (χ1) is 16.7. The number of unbranched alkanes of at least 4 members (excludes halogenated alkanes) is 1. The van der Waals surface area contributed by atoms with E-state index >= 15 is 0 Å². The number of hydrogen-bond acceptors (Lipinski definition) is 7. The van der Waals surface area contributed by atoms with Gasteiger partial charge in [0.25, 0.3) is 0 Å². The van der Waals surface area contributed by atoms with Gasteiger partial charge >= 0.3 is 0 Å². The lowest BCUT2D eigenvalue weighted by Gasteiger charge is -2.40. The molecule has 1 saturated carbocycles. The van der Waals surface area contributed by atoms with E-state index in [4.69, 9.17) is 15.5 Å². The molecular formula is C27H40N6O. The van der Waals surface area contributed by atoms with Crippen LogP contribution in [-0.2, 0) is 17.8 Å². The molecule has 3 heterocycles. The van der Waals surface area contributed by atoms with Crippen molar-refractivity contribution in [2.75, 3.05) is 30.0 Å². The van der Waals surface area contributed by atoms with E-state index in [1.807, 2.05) is 6.20 Å². The lowest BCUT2D eigenvalue weighted by atomic mass is 9.88. The van der Waals surface area contributed by atoms with Crippen molar-refractivity contribution in [2.45, 2.75) is 89.5 Å². The molecule has 1 saturated heterocycles. The smallest absolute Gasteiger partial charge is 0.224 e. The fraction of sp³-hybridized carbons (Fsp3) is 0.630. The van der Waals surface area contributed by atoms with Gasteiger partial charge < -0.3 is 26.0 Å². The molecule has 0 bridgehead atoms. The number of anilines is 2. The van der Waals surface area contributed by atoms with Gasteiger partial charge in [0.05, 0.1) is 0 Å². The van der Waals surface area contributed by atoms with Crippen LogP contribution in [0.3, 0.4) is 0 Å². The Morgan fingerprint density at radius 3 is 2.71 bits per heavy atom. The fourth-order valence-corrected chi connectivity index (χ4v) is 5.53. The van der Waals surface area contributed by atoms with Crippen LogP contribution >= 0.6 is 0 Å². The average Bonchev–Trinajstić information content (AvgIpc) is 2.88. The van der Waals surface area contributed by atoms with Gasteiger partial charge in [-0.3, -0.25) is 0 Å². The van der Waals surface area contributed by atoms with Crippen molar-refractivity contribution in [1.29, 1.82) is 0 Å². The van der Waals surface area contributed by atoms with E-state index in [1.54, 1.807) is 0 Å². The van der Waals surface area contributed by atoms with Crippen molar-refractivity contribution in [3.63, 3.8) is 0 Å². The quantitative estimate of drug-likeness (QED) is 0.504. The Morgan fingerprint density at radius 1 is 1.09 bits per heavy atom. The molecule has 0 radical (unpaired) electrons. The Kier molecular flexibility index (Phi) is 7.62. The van der Waals surface area contributed by atoms with Crippen LogP contribution in [-0.4, -0.2) is 47.9 Å². The van der Waals surface area contributed by atoms with Gasteiger partial charge in [-0.25, -0.2) is 4.98 Å². The van der Waals surface area contributed by atoms with Gasteiger partial charge in [-0.05, 0) is 61.6 Å². The second kappa shape index (κ2) is 11.0. The molecule has 3 aliphatic rings. The highest BCUT2D eigenvalue weighted by Crippen LogP contribution is 2.41. The first-order valence-electron chi connectivity index (χ1n) is 13.3. The monoisotopic (exact) mass is 464 g/mol. The Bertz CT molecular complexity index is 952. The molecule has 7 heteroatoms. The van der Waals surface area contributed by atoms with E-state index < -0.39 is 0 Å². The molecule has 34 heavy (non-hydrogen) atoms. The maximum Gasteiger partial charge on any atom is 0.224 e. The number of hydrogen-bond donors (Lipinski definition) is 3. The van der Waals surface area contributed by atoms with E-state index in [9.17, 15) is 0 Å². The largest absolute Gasteiger partial charge is 0.381 e. The van der Waals surface area contributed by atoms with E-state index in [0.717, 1.165) is 102 Å². The van der Waals surface area contributed by atoms with Crippen molar-refractivity contribution in [3.05, 3.63) is 35.5 Å². The van der Waals surface area contributed by atoms with E-state index in [0.29, 0.717) is 18.1 Å². The van der Waals surface area contributed by atoms with Crippen molar-refractivity contribution in [2.24, 2.45) is 5.73 Å². The molecule has 184 valence electrons. The number of fused-ring (bicyclic) bond motifs is 3. The zero-order chi connectivity index (χ0) is 23.3. The highest BCUT2D eigenvalue weighted by atomic mass is 16.5. The number of nitrogens with zero attached hydrogens (tertiary/aromatic N) is 3. The minimum atomic E-state index is 0.340. The summed E-state index contributed by atoms with van der Waals surface area (Å²) in [6, 6.07) is 8.30. The Hall–Kier alpha value is -2.22. The molecule has 1 aromatic heterocycles. The van der Waals surface area contributed by atoms with Gasteiger partial charge in [-0.15, -0.1) is 0 Å². The third kappa shape index (κ3) is 5.37. The minimum Gasteiger partial charge on any atom is -0.381 e. The summed E-state index contributed by atoms with van der Waals surface area (Å²) in [5, 5.41) is 7.16. The highest BCUT2D eigenvalue weighted by molar-refractivity contribution is 5.81. The third-order valence-corrected chi connectivity index (χ3v) is 7.65. The summed E-state index contributed by atoms with van der Waals surface area (Å²) >= 11 is 0. The first kappa shape index (κ1) is 23.5. The molecule has 2 aromatic rings. The lowest BCUT2D eigenvalue weighted by molar-refractivity contribution is 0.0776. The van der Waals surface area contributed by atoms with Crippen LogP contribution in [0, 0.1) is 0 Å². The van der Waals surface area contributed by atoms with Crippen LogP contribution in [0.5, 0.6) is 0 Å². The molecule has 2 aliphatic heterocycles. The predicted molar refractivity (Wildman–Crippen MR) is 138 cm³/mol. The summed E-state index contributed by atoms with van der Waals surface area (Å²) in [6.07, 6.45) is 10.9. The Labute approximate surface area is 203 Å². The van der Waals surface area contributed by atoms with Crippen molar-refractivity contribution < 1.29 is 4.74 Å². The normalized spacial score (nSPS) is 22.8. The lowest BCUT2D eigenvalue weighted by Crippen LogP contribution is -2.42. The molecule has 7 nitrogen and oxygen atoms in total. The maximum absolute atomic E-state index is 6.24. The zero-order valence-corrected chi connectivity index (χ0v) is 20.6. The van der Waals surface area contributed by atoms with Crippen LogP contribution < -0.4 is 21.3 Å². The summed E-state index contributed by atoms with van der Waals surface area (Å²) in [7, 11) is 0. The summed E-state index contributed by atoms with van der Waals surface area (Å²) in [4.78, 5) is 12.2. The predicted octanol–water partition coefficient (Wildman–Crippen LogP) is 4.21. The number of rotatable bonds is 8. The van der Waals surface area contributed by atoms with Gasteiger partial charge in [-0.1, -0.05) is 31.5 Å². The van der Waals surface area contributed by atoms with Crippen molar-refractivity contribution in [3.8, 4) is 11.1 Å². The average molecular weight is 465 g/mol. The standard InChI is InChI=1S/C27H40N6O/c1-2-3-12-29-27-31-17-25-24-9-4-19(16-30-22-10-13-34-14-11-22)15-20(24)18-33(26(25)32-27)23-7-5-21(28)6-8-23/h4,9,15,17,21-23,30H,2-3,5-8,10-14,16,18,28H2,1H3,(H,29,31,32). The second-order valence-electron chi connectivity index (χ2n) is 10.2. The summed E-state index contributed by atoms with van der Waals surface area (Å²) in [5.74, 6) is 1.82. The molecule has 5 rings (SSSR count). The Balaban J connectivity index is 1.39. The second-order valence-corrected chi connectivity index (χ2v) is 10.2. The van der Waals surface area contributed by atoms with Crippen LogP contribution in [0.25, 0.3) is 11.1 Å². The number of nitrogens with two attached hydrogens (primary N) is 1. The molecule has 0 unspecified atom stereocenters. The van der Waals surface area contributed by atoms with Crippen LogP contribution in [0.1, 0.15) is 69.4 Å². The Morgan fingerprint density at radius 2 is 1.91 bits per heavy atom. The van der Waals surface area contributed by atoms with Crippen molar-refractivity contribution >= 4 is 11.8 Å². The fourth-order valence-electron chi connectivity index (χ4n) is 5.53. The van der Waals surface area contributed by atoms with Gasteiger partial charge in [-0.2, -0.15) is 4.98 Å². The molecule has 1 aromatic carbocycles.